The Morgan fingerprint density at radius 1 is 1.03 bits per heavy atom. The van der Waals surface area contributed by atoms with E-state index in [-0.39, 0.29) is 23.8 Å². The van der Waals surface area contributed by atoms with E-state index in [1.54, 1.807) is 12.1 Å². The molecule has 37 heavy (non-hydrogen) atoms. The molecule has 1 aliphatic rings. The highest BCUT2D eigenvalue weighted by Gasteiger charge is 2.38. The van der Waals surface area contributed by atoms with E-state index in [4.69, 9.17) is 4.74 Å². The number of nitrogens with one attached hydrogen (secondary N) is 2. The number of hydrogen-bond acceptors (Lipinski definition) is 7. The van der Waals surface area contributed by atoms with Crippen molar-refractivity contribution in [2.45, 2.75) is 38.8 Å². The molecular weight excluding hydrogens is 476 g/mol. The number of para-hydroxylation sites is 1. The van der Waals surface area contributed by atoms with Crippen molar-refractivity contribution in [1.82, 2.24) is 9.13 Å². The smallest absolute Gasteiger partial charge is 0.332 e. The van der Waals surface area contributed by atoms with Gasteiger partial charge in [0.25, 0.3) is 11.5 Å². The molecule has 0 bridgehead atoms. The van der Waals surface area contributed by atoms with Crippen molar-refractivity contribution in [3.8, 4) is 0 Å². The fraction of sp³-hybridized carbons (Fsp3) is 0.296. The van der Waals surface area contributed by atoms with Crippen LogP contribution in [0.2, 0.25) is 0 Å². The minimum Gasteiger partial charge on any atom is -0.455 e. The van der Waals surface area contributed by atoms with Crippen molar-refractivity contribution in [3.05, 3.63) is 92.1 Å². The number of benzene rings is 2. The Balaban J connectivity index is 1.44. The maximum Gasteiger partial charge on any atom is 0.332 e. The Morgan fingerprint density at radius 3 is 2.41 bits per heavy atom. The zero-order valence-corrected chi connectivity index (χ0v) is 20.8. The average Bonchev–Trinajstić information content (AvgIpc) is 3.20. The summed E-state index contributed by atoms with van der Waals surface area (Å²) in [4.78, 5) is 63.4. The minimum atomic E-state index is -1.09. The summed E-state index contributed by atoms with van der Waals surface area (Å²) in [5.74, 6) is -1.65. The van der Waals surface area contributed by atoms with Crippen LogP contribution in [-0.2, 0) is 27.9 Å². The number of nitrogens with zero attached hydrogens (tertiary/aromatic N) is 2. The molecule has 0 saturated carbocycles. The van der Waals surface area contributed by atoms with Gasteiger partial charge >= 0.3 is 11.7 Å². The quantitative estimate of drug-likeness (QED) is 0.450. The second-order valence-electron chi connectivity index (χ2n) is 9.16. The number of hydrogen-bond donors (Lipinski definition) is 2. The molecule has 1 atom stereocenters. The number of anilines is 2. The minimum absolute atomic E-state index is 0.0720. The first kappa shape index (κ1) is 25.6. The van der Waals surface area contributed by atoms with E-state index in [0.717, 1.165) is 15.7 Å². The van der Waals surface area contributed by atoms with Crippen molar-refractivity contribution in [1.29, 1.82) is 0 Å². The molecule has 1 aliphatic heterocycles. The van der Waals surface area contributed by atoms with Crippen LogP contribution in [0.15, 0.2) is 64.2 Å². The lowest BCUT2D eigenvalue weighted by Crippen LogP contribution is -2.40. The van der Waals surface area contributed by atoms with Gasteiger partial charge in [-0.2, -0.15) is 0 Å². The van der Waals surface area contributed by atoms with Crippen molar-refractivity contribution in [2.24, 2.45) is 7.05 Å². The van der Waals surface area contributed by atoms with Gasteiger partial charge in [-0.3, -0.25) is 28.3 Å². The van der Waals surface area contributed by atoms with Gasteiger partial charge in [0.15, 0.2) is 12.4 Å². The third-order valence-corrected chi connectivity index (χ3v) is 6.19. The number of fused-ring (bicyclic) bond motifs is 1. The lowest BCUT2D eigenvalue weighted by atomic mass is 10.0. The van der Waals surface area contributed by atoms with E-state index in [0.29, 0.717) is 5.69 Å². The second kappa shape index (κ2) is 10.7. The Hall–Kier alpha value is -4.47. The Labute approximate surface area is 212 Å². The van der Waals surface area contributed by atoms with E-state index in [1.807, 2.05) is 56.3 Å². The molecule has 10 heteroatoms. The summed E-state index contributed by atoms with van der Waals surface area (Å²) in [6, 6.07) is 15.4. The summed E-state index contributed by atoms with van der Waals surface area (Å²) in [6.45, 7) is 3.60. The number of carbonyl (C=O) groups excluding carboxylic acids is 3. The molecule has 2 N–H and O–H groups in total. The fourth-order valence-electron chi connectivity index (χ4n) is 4.27. The molecule has 3 aromatic rings. The molecule has 0 fully saturated rings. The van der Waals surface area contributed by atoms with Crippen molar-refractivity contribution >= 4 is 29.2 Å². The van der Waals surface area contributed by atoms with E-state index >= 15 is 0 Å². The van der Waals surface area contributed by atoms with Gasteiger partial charge in [0, 0.05) is 12.7 Å². The van der Waals surface area contributed by atoms with Crippen molar-refractivity contribution in [3.63, 3.8) is 0 Å². The van der Waals surface area contributed by atoms with Gasteiger partial charge in [-0.1, -0.05) is 62.4 Å². The van der Waals surface area contributed by atoms with Gasteiger partial charge in [0.2, 0.25) is 0 Å². The van der Waals surface area contributed by atoms with Crippen LogP contribution in [0.25, 0.3) is 0 Å². The highest BCUT2D eigenvalue weighted by Crippen LogP contribution is 2.25. The zero-order chi connectivity index (χ0) is 26.7. The molecule has 0 radical (unpaired) electrons. The van der Waals surface area contributed by atoms with E-state index in [1.165, 1.54) is 11.6 Å². The number of rotatable bonds is 8. The van der Waals surface area contributed by atoms with Crippen LogP contribution in [-0.4, -0.2) is 39.4 Å². The molecule has 192 valence electrons. The maximum absolute atomic E-state index is 13.0. The molecule has 2 aromatic carbocycles. The summed E-state index contributed by atoms with van der Waals surface area (Å²) in [6.07, 6.45) is -0.411. The second-order valence-corrected chi connectivity index (χ2v) is 9.16. The predicted molar refractivity (Wildman–Crippen MR) is 138 cm³/mol. The topological polar surface area (TPSA) is 128 Å². The molecule has 0 unspecified atom stereocenters. The number of Topliss-reactive ketones (excluding diaryl/α,β-unsaturated/α-hetero) is 1. The lowest BCUT2D eigenvalue weighted by molar-refractivity contribution is -0.147. The van der Waals surface area contributed by atoms with Crippen LogP contribution >= 0.6 is 0 Å². The lowest BCUT2D eigenvalue weighted by Gasteiger charge is -2.15. The number of esters is 1. The first-order valence-corrected chi connectivity index (χ1v) is 11.9. The monoisotopic (exact) mass is 504 g/mol. The molecule has 1 amide bonds. The van der Waals surface area contributed by atoms with Crippen LogP contribution in [0, 0.1) is 0 Å². The van der Waals surface area contributed by atoms with Gasteiger partial charge in [0.05, 0.1) is 13.0 Å². The highest BCUT2D eigenvalue weighted by atomic mass is 16.5. The van der Waals surface area contributed by atoms with Crippen LogP contribution in [0.3, 0.4) is 0 Å². The first-order chi connectivity index (χ1) is 17.7. The fourth-order valence-corrected chi connectivity index (χ4v) is 4.27. The Kier molecular flexibility index (Phi) is 7.37. The standard InChI is InChI=1S/C27H28N4O6/c1-16(2)18-11-7-8-12-19(18)28-21(32)15-37-22(33)13-20-24(34)23-25(29-20)31(27(36)30(3)26(23)35)14-17-9-5-4-6-10-17/h4-12,16,20,29H,13-15H2,1-3H3,(H,28,32)/t20-/m0/s1. The highest BCUT2D eigenvalue weighted by molar-refractivity contribution is 6.10. The molecule has 4 rings (SSSR count). The Bertz CT molecular complexity index is 1470. The molecule has 0 aliphatic carbocycles. The summed E-state index contributed by atoms with van der Waals surface area (Å²) >= 11 is 0. The maximum atomic E-state index is 13.0. The van der Waals surface area contributed by atoms with Crippen molar-refractivity contribution in [2.75, 3.05) is 17.2 Å². The van der Waals surface area contributed by atoms with Gasteiger partial charge < -0.3 is 15.4 Å². The SMILES string of the molecule is CC(C)c1ccccc1NC(=O)COC(=O)C[C@@H]1Nc2c(c(=O)n(C)c(=O)n2Cc2ccccc2)C1=O. The van der Waals surface area contributed by atoms with Crippen LogP contribution in [0.4, 0.5) is 11.5 Å². The van der Waals surface area contributed by atoms with Crippen LogP contribution in [0.1, 0.15) is 47.7 Å². The number of aromatic nitrogens is 2. The van der Waals surface area contributed by atoms with Gasteiger partial charge in [-0.25, -0.2) is 4.79 Å². The van der Waals surface area contributed by atoms with E-state index < -0.39 is 48.0 Å². The molecule has 2 heterocycles. The first-order valence-electron chi connectivity index (χ1n) is 11.9. The van der Waals surface area contributed by atoms with Gasteiger partial charge in [-0.15, -0.1) is 0 Å². The van der Waals surface area contributed by atoms with Gasteiger partial charge in [0.1, 0.15) is 17.4 Å². The van der Waals surface area contributed by atoms with E-state index in [9.17, 15) is 24.0 Å². The van der Waals surface area contributed by atoms with E-state index in [2.05, 4.69) is 10.6 Å². The third-order valence-electron chi connectivity index (χ3n) is 6.19. The average molecular weight is 505 g/mol. The Morgan fingerprint density at radius 2 is 1.70 bits per heavy atom. The van der Waals surface area contributed by atoms with Gasteiger partial charge in [-0.05, 0) is 23.1 Å². The largest absolute Gasteiger partial charge is 0.455 e. The summed E-state index contributed by atoms with van der Waals surface area (Å²) < 4.78 is 7.27. The summed E-state index contributed by atoms with van der Waals surface area (Å²) in [5.41, 5.74) is 0.875. The number of carbonyl (C=O) groups is 3. The third kappa shape index (κ3) is 5.37. The van der Waals surface area contributed by atoms with Crippen LogP contribution in [0.5, 0.6) is 0 Å². The summed E-state index contributed by atoms with van der Waals surface area (Å²) in [7, 11) is 1.30. The number of amides is 1. The number of ether oxygens (including phenoxy) is 1. The summed E-state index contributed by atoms with van der Waals surface area (Å²) in [5, 5.41) is 5.59. The molecule has 1 aromatic heterocycles. The predicted octanol–water partition coefficient (Wildman–Crippen LogP) is 2.27. The van der Waals surface area contributed by atoms with Crippen molar-refractivity contribution < 1.29 is 19.1 Å². The molecule has 10 nitrogen and oxygen atoms in total. The molecule has 0 spiro atoms. The molecular formula is C27H28N4O6. The van der Waals surface area contributed by atoms with Crippen LogP contribution < -0.4 is 21.9 Å². The number of ketones is 1. The normalized spacial score (nSPS) is 14.3. The zero-order valence-electron chi connectivity index (χ0n) is 20.8. The molecule has 0 saturated heterocycles.